The average Bonchev–Trinajstić information content (AvgIpc) is 3.20. The van der Waals surface area contributed by atoms with Crippen molar-refractivity contribution in [2.24, 2.45) is 0 Å². The second-order valence-electron chi connectivity index (χ2n) is 8.13. The largest absolute Gasteiger partial charge is 0.444 e. The van der Waals surface area contributed by atoms with Gasteiger partial charge < -0.3 is 10.1 Å². The van der Waals surface area contributed by atoms with Crippen LogP contribution < -0.4 is 5.32 Å². The van der Waals surface area contributed by atoms with Gasteiger partial charge in [-0.05, 0) is 47.9 Å². The topological polar surface area (TPSA) is 106 Å². The molecule has 1 amide bonds. The van der Waals surface area contributed by atoms with E-state index < -0.39 is 17.7 Å². The van der Waals surface area contributed by atoms with Gasteiger partial charge in [0.2, 0.25) is 0 Å². The van der Waals surface area contributed by atoms with E-state index in [1.807, 2.05) is 42.5 Å². The van der Waals surface area contributed by atoms with E-state index in [-0.39, 0.29) is 6.42 Å². The summed E-state index contributed by atoms with van der Waals surface area (Å²) in [4.78, 5) is 12.5. The lowest BCUT2D eigenvalue weighted by Crippen LogP contribution is -2.37. The highest BCUT2D eigenvalue weighted by atomic mass is 16.6. The molecule has 8 heteroatoms. The predicted octanol–water partition coefficient (Wildman–Crippen LogP) is 4.06. The Labute approximate surface area is 181 Å². The molecular formula is C23H26N6O2. The first-order valence-electron chi connectivity index (χ1n) is 10.1. The minimum atomic E-state index is -0.626. The van der Waals surface area contributed by atoms with Crippen LogP contribution in [0.3, 0.4) is 0 Å². The smallest absolute Gasteiger partial charge is 0.408 e. The summed E-state index contributed by atoms with van der Waals surface area (Å²) >= 11 is 0. The highest BCUT2D eigenvalue weighted by Gasteiger charge is 2.25. The number of hydrogen-bond donors (Lipinski definition) is 1. The van der Waals surface area contributed by atoms with E-state index in [1.165, 1.54) is 0 Å². The highest BCUT2D eigenvalue weighted by molar-refractivity contribution is 5.68. The maximum Gasteiger partial charge on any atom is 0.408 e. The Bertz CT molecular complexity index is 1030. The zero-order chi connectivity index (χ0) is 22.3. The average molecular weight is 419 g/mol. The van der Waals surface area contributed by atoms with E-state index in [0.717, 1.165) is 16.7 Å². The molecule has 1 aromatic heterocycles. The SMILES string of the molecule is CC(C)(C)OC(=O)NC(Cc1ccc(-c2ccccc2)cc1)c1nnnn1CCC#N. The number of carbonyl (C=O) groups is 1. The molecule has 8 nitrogen and oxygen atoms in total. The molecule has 0 radical (unpaired) electrons. The first-order valence-corrected chi connectivity index (χ1v) is 10.1. The van der Waals surface area contributed by atoms with Crippen LogP contribution in [0.1, 0.15) is 44.6 Å². The summed E-state index contributed by atoms with van der Waals surface area (Å²) in [5, 5.41) is 23.6. The van der Waals surface area contributed by atoms with Gasteiger partial charge in [-0.15, -0.1) is 5.10 Å². The quantitative estimate of drug-likeness (QED) is 0.620. The molecule has 0 aliphatic carbocycles. The van der Waals surface area contributed by atoms with Crippen molar-refractivity contribution < 1.29 is 9.53 Å². The lowest BCUT2D eigenvalue weighted by Gasteiger charge is -2.23. The normalized spacial score (nSPS) is 12.1. The van der Waals surface area contributed by atoms with Crippen molar-refractivity contribution in [2.45, 2.75) is 51.8 Å². The lowest BCUT2D eigenvalue weighted by molar-refractivity contribution is 0.0500. The van der Waals surface area contributed by atoms with Crippen molar-refractivity contribution in [3.8, 4) is 17.2 Å². The van der Waals surface area contributed by atoms with Crippen LogP contribution >= 0.6 is 0 Å². The Morgan fingerprint density at radius 1 is 1.13 bits per heavy atom. The van der Waals surface area contributed by atoms with E-state index in [0.29, 0.717) is 18.8 Å². The number of hydrogen-bond acceptors (Lipinski definition) is 6. The molecule has 0 aliphatic heterocycles. The summed E-state index contributed by atoms with van der Waals surface area (Å²) < 4.78 is 6.97. The second-order valence-corrected chi connectivity index (χ2v) is 8.13. The molecule has 1 unspecified atom stereocenters. The summed E-state index contributed by atoms with van der Waals surface area (Å²) in [6.07, 6.45) is 0.192. The number of aryl methyl sites for hydroxylation is 1. The number of nitrogens with zero attached hydrogens (tertiary/aromatic N) is 5. The number of carbonyl (C=O) groups excluding carboxylic acids is 1. The van der Waals surface area contributed by atoms with Gasteiger partial charge >= 0.3 is 6.09 Å². The highest BCUT2D eigenvalue weighted by Crippen LogP contribution is 2.22. The van der Waals surface area contributed by atoms with Gasteiger partial charge in [0, 0.05) is 6.42 Å². The molecule has 0 aliphatic rings. The zero-order valence-electron chi connectivity index (χ0n) is 17.9. The molecule has 1 heterocycles. The number of aromatic nitrogens is 4. The van der Waals surface area contributed by atoms with Crippen LogP contribution in [0, 0.1) is 11.3 Å². The molecular weight excluding hydrogens is 392 g/mol. The number of nitriles is 1. The third-order valence-corrected chi connectivity index (χ3v) is 4.50. The molecule has 1 N–H and O–H groups in total. The molecule has 3 aromatic rings. The number of benzene rings is 2. The number of rotatable bonds is 7. The second kappa shape index (κ2) is 9.85. The van der Waals surface area contributed by atoms with Gasteiger partial charge in [0.15, 0.2) is 5.82 Å². The van der Waals surface area contributed by atoms with Gasteiger partial charge in [0.05, 0.1) is 25.1 Å². The summed E-state index contributed by atoms with van der Waals surface area (Å²) in [5.74, 6) is 0.480. The van der Waals surface area contributed by atoms with Crippen molar-refractivity contribution >= 4 is 6.09 Å². The molecule has 0 spiro atoms. The third-order valence-electron chi connectivity index (χ3n) is 4.50. The Hall–Kier alpha value is -3.73. The van der Waals surface area contributed by atoms with Crippen LogP contribution in [0.2, 0.25) is 0 Å². The van der Waals surface area contributed by atoms with Crippen LogP contribution in [0.25, 0.3) is 11.1 Å². The molecule has 0 saturated carbocycles. The monoisotopic (exact) mass is 418 g/mol. The summed E-state index contributed by atoms with van der Waals surface area (Å²) in [6.45, 7) is 5.76. The number of tetrazole rings is 1. The van der Waals surface area contributed by atoms with Crippen LogP contribution in [-0.4, -0.2) is 31.9 Å². The van der Waals surface area contributed by atoms with Crippen LogP contribution in [0.4, 0.5) is 4.79 Å². The van der Waals surface area contributed by atoms with Gasteiger partial charge in [0.1, 0.15) is 5.60 Å². The van der Waals surface area contributed by atoms with E-state index >= 15 is 0 Å². The van der Waals surface area contributed by atoms with Crippen LogP contribution in [0.15, 0.2) is 54.6 Å². The van der Waals surface area contributed by atoms with Crippen molar-refractivity contribution in [2.75, 3.05) is 0 Å². The van der Waals surface area contributed by atoms with E-state index in [4.69, 9.17) is 10.00 Å². The standard InChI is InChI=1S/C23H26N6O2/c1-23(2,3)31-22(30)25-20(21-26-27-28-29(21)15-7-14-24)16-17-10-12-19(13-11-17)18-8-5-4-6-9-18/h4-6,8-13,20H,7,15-16H2,1-3H3,(H,25,30). The maximum atomic E-state index is 12.5. The number of amides is 1. The molecule has 3 rings (SSSR count). The molecule has 160 valence electrons. The summed E-state index contributed by atoms with van der Waals surface area (Å²) in [7, 11) is 0. The van der Waals surface area contributed by atoms with Gasteiger partial charge in [-0.2, -0.15) is 5.26 Å². The van der Waals surface area contributed by atoms with E-state index in [2.05, 4.69) is 39.0 Å². The minimum absolute atomic E-state index is 0.267. The van der Waals surface area contributed by atoms with E-state index in [1.54, 1.807) is 25.5 Å². The fourth-order valence-electron chi connectivity index (χ4n) is 3.13. The fraction of sp³-hybridized carbons (Fsp3) is 0.348. The number of alkyl carbamates (subject to hydrolysis) is 1. The van der Waals surface area contributed by atoms with E-state index in [9.17, 15) is 4.79 Å². The summed E-state index contributed by atoms with van der Waals surface area (Å²) in [6, 6.07) is 19.8. The predicted molar refractivity (Wildman–Crippen MR) is 116 cm³/mol. The number of ether oxygens (including phenoxy) is 1. The van der Waals surface area contributed by atoms with Crippen molar-refractivity contribution in [1.29, 1.82) is 5.26 Å². The van der Waals surface area contributed by atoms with Crippen LogP contribution in [0.5, 0.6) is 0 Å². The first kappa shape index (κ1) is 22.0. The van der Waals surface area contributed by atoms with Crippen LogP contribution in [-0.2, 0) is 17.7 Å². The number of nitrogens with one attached hydrogen (secondary N) is 1. The lowest BCUT2D eigenvalue weighted by atomic mass is 10.0. The molecule has 0 fully saturated rings. The van der Waals surface area contributed by atoms with Crippen molar-refractivity contribution in [3.05, 3.63) is 66.0 Å². The Morgan fingerprint density at radius 3 is 2.45 bits per heavy atom. The molecule has 2 aromatic carbocycles. The molecule has 31 heavy (non-hydrogen) atoms. The first-order chi connectivity index (χ1) is 14.9. The Kier molecular flexibility index (Phi) is 6.98. The zero-order valence-corrected chi connectivity index (χ0v) is 17.9. The van der Waals surface area contributed by atoms with Gasteiger partial charge in [0.25, 0.3) is 0 Å². The summed E-state index contributed by atoms with van der Waals surface area (Å²) in [5.41, 5.74) is 2.63. The maximum absolute atomic E-state index is 12.5. The molecule has 0 saturated heterocycles. The van der Waals surface area contributed by atoms with Crippen molar-refractivity contribution in [1.82, 2.24) is 25.5 Å². The Morgan fingerprint density at radius 2 is 1.81 bits per heavy atom. The Balaban J connectivity index is 1.82. The van der Waals surface area contributed by atoms with Crippen molar-refractivity contribution in [3.63, 3.8) is 0 Å². The fourth-order valence-corrected chi connectivity index (χ4v) is 3.13. The van der Waals surface area contributed by atoms with Gasteiger partial charge in [-0.3, -0.25) is 0 Å². The molecule has 0 bridgehead atoms. The van der Waals surface area contributed by atoms with Gasteiger partial charge in [-0.1, -0.05) is 54.6 Å². The van der Waals surface area contributed by atoms with Gasteiger partial charge in [-0.25, -0.2) is 9.48 Å². The third kappa shape index (κ3) is 6.37. The molecule has 1 atom stereocenters. The minimum Gasteiger partial charge on any atom is -0.444 e.